The lowest BCUT2D eigenvalue weighted by atomic mass is 10.1. The van der Waals surface area contributed by atoms with Gasteiger partial charge in [0.05, 0.1) is 89.6 Å². The average molecular weight is 1790 g/mol. The second-order valence-corrected chi connectivity index (χ2v) is 27.1. The molecule has 0 saturated heterocycles. The van der Waals surface area contributed by atoms with Crippen LogP contribution in [0, 0.1) is 35.9 Å². The maximum Gasteiger partial charge on any atom is 0.359 e. The molecule has 0 N–H and O–H groups in total. The minimum Gasteiger partial charge on any atom is -0.464 e. The molecule has 0 aliphatic carbocycles. The van der Waals surface area contributed by atoms with Gasteiger partial charge in [-0.15, -0.1) is 0 Å². The number of carbonyl (C=O) groups excluding carboxylic acids is 6. The van der Waals surface area contributed by atoms with Gasteiger partial charge >= 0.3 is 35.8 Å². The second kappa shape index (κ2) is 45.1. The first kappa shape index (κ1) is 92.7. The van der Waals surface area contributed by atoms with Crippen molar-refractivity contribution in [3.05, 3.63) is 318 Å². The van der Waals surface area contributed by atoms with Gasteiger partial charge < -0.3 is 46.7 Å². The number of imidazole rings is 6. The molecule has 12 rings (SSSR count). The number of nitrogens with zero attached hydrogens (tertiary/aromatic N) is 12. The van der Waals surface area contributed by atoms with Crippen LogP contribution in [0.15, 0.2) is 204 Å². The third-order valence-corrected chi connectivity index (χ3v) is 19.3. The molecule has 6 aromatic heterocycles. The normalized spacial score (nSPS) is 12.2. The number of esters is 6. The van der Waals surface area contributed by atoms with Crippen molar-refractivity contribution in [2.45, 2.75) is 112 Å². The number of hydrogen-bond acceptors (Lipinski definition) is 18. The molecule has 34 heteroatoms. The molecule has 6 atom stereocenters. The number of hydrogen-bond donors (Lipinski definition) is 0. The van der Waals surface area contributed by atoms with E-state index in [4.69, 9.17) is 42.1 Å². The molecule has 0 bridgehead atoms. The van der Waals surface area contributed by atoms with E-state index in [0.717, 1.165) is 56.0 Å². The van der Waals surface area contributed by atoms with Crippen LogP contribution >= 0.6 is 55.1 Å². The number of aromatic nitrogens is 12. The Hall–Kier alpha value is -11.5. The van der Waals surface area contributed by atoms with Crippen molar-refractivity contribution in [2.75, 3.05) is 40.6 Å². The molecular weight excluding hydrogens is 1700 g/mol. The molecule has 117 heavy (non-hydrogen) atoms. The van der Waals surface area contributed by atoms with E-state index in [-0.39, 0.29) is 64.9 Å². The monoisotopic (exact) mass is 1780 g/mol. The number of ether oxygens (including phenoxy) is 6. The zero-order chi connectivity index (χ0) is 85.7. The third kappa shape index (κ3) is 23.7. The van der Waals surface area contributed by atoms with E-state index in [1.165, 1.54) is 28.9 Å². The molecule has 0 radical (unpaired) electrons. The SMILES string of the molecule is CCCOC(=O)c1c(Cl)nc(Br)n1[C@H](C)c1ccccc1.CCOC(=O)c1c(Br)nc(Cl)n1[C@H](C)c1ccccc1.CCOC(=O)c1c(F)nc(F)n1[C@H](C)c1ccccc1.CCOC(=O)c1c(F)ncn1[C@H](C)c1ccccc1.COC(=O)c1c(F)nc(F)n1[C@H](C)c1ccccc1.COC(=O)c1c(F)ncn1[C@H](C)c1ccccc1. The Morgan fingerprint density at radius 3 is 0.991 bits per heavy atom. The summed E-state index contributed by atoms with van der Waals surface area (Å²) in [6.45, 7) is 18.9. The van der Waals surface area contributed by atoms with Crippen LogP contribution in [0.3, 0.4) is 0 Å². The van der Waals surface area contributed by atoms with Gasteiger partial charge in [-0.2, -0.15) is 36.3 Å². The fourth-order valence-electron chi connectivity index (χ4n) is 11.7. The van der Waals surface area contributed by atoms with Crippen molar-refractivity contribution in [3.8, 4) is 0 Å². The van der Waals surface area contributed by atoms with Crippen molar-refractivity contribution in [1.29, 1.82) is 0 Å². The maximum absolute atomic E-state index is 13.8. The van der Waals surface area contributed by atoms with Crippen LogP contribution in [-0.2, 0) is 28.4 Å². The smallest absolute Gasteiger partial charge is 0.359 e. The molecule has 0 aliphatic heterocycles. The minimum atomic E-state index is -1.17. The molecule has 0 unspecified atom stereocenters. The predicted molar refractivity (Wildman–Crippen MR) is 431 cm³/mol. The molecule has 0 spiro atoms. The van der Waals surface area contributed by atoms with Gasteiger partial charge in [0.1, 0.15) is 4.60 Å². The highest BCUT2D eigenvalue weighted by Crippen LogP contribution is 2.33. The van der Waals surface area contributed by atoms with Crippen molar-refractivity contribution < 1.29 is 83.5 Å². The lowest BCUT2D eigenvalue weighted by Gasteiger charge is -2.17. The number of benzene rings is 6. The van der Waals surface area contributed by atoms with Crippen LogP contribution in [-0.4, -0.2) is 134 Å². The van der Waals surface area contributed by atoms with E-state index in [1.807, 2.05) is 168 Å². The maximum atomic E-state index is 13.8. The number of halogens is 10. The van der Waals surface area contributed by atoms with E-state index in [9.17, 15) is 55.1 Å². The zero-order valence-corrected chi connectivity index (χ0v) is 70.2. The molecule has 0 saturated carbocycles. The van der Waals surface area contributed by atoms with Crippen molar-refractivity contribution in [3.63, 3.8) is 0 Å². The Bertz CT molecular complexity index is 5130. The summed E-state index contributed by atoms with van der Waals surface area (Å²) in [5.41, 5.74) is 4.75. The van der Waals surface area contributed by atoms with Gasteiger partial charge in [0.2, 0.25) is 29.1 Å². The second-order valence-electron chi connectivity index (χ2n) is 24.9. The van der Waals surface area contributed by atoms with Crippen LogP contribution in [0.2, 0.25) is 10.4 Å². The largest absolute Gasteiger partial charge is 0.464 e. The first-order chi connectivity index (χ1) is 56.0. The standard InChI is InChI=1S/C15H16BrClN2O2.C14H14BrClN2O2.C14H14F2N2O2.C14H15FN2O2.C13H12F2N2O2.C13H13FN2O2/c1-3-9-21-14(20)12-13(17)18-15(16)19(12)10(2)11-7-5-4-6-8-11;2*1-3-20-13(19)11-12(15)17-14(16)18(11)9(2)10-7-5-4-6-8-10;1-3-19-14(18)12-13(15)16-9-17(12)10(2)11-7-5-4-6-8-11;1-8(9-6-4-3-5-7-9)17-10(12(18)19-2)11(14)16-13(17)15;1-9(10-6-4-3-5-7-10)16-8-15-12(14)11(16)13(17)18-2/h4-8,10H,3,9H2,1-2H3;2*4-9H,3H2,1-2H3;4-10H,3H2,1-2H3;3-8H,1-2H3;3-9H,1-2H3/t10-;2*9-;10-;8-;9-/m111111/s1. The van der Waals surface area contributed by atoms with Gasteiger partial charge in [0.15, 0.2) is 44.1 Å². The van der Waals surface area contributed by atoms with Gasteiger partial charge in [0.25, 0.3) is 12.2 Å². The first-order valence-corrected chi connectivity index (χ1v) is 38.7. The van der Waals surface area contributed by atoms with Crippen molar-refractivity contribution in [2.24, 2.45) is 0 Å². The summed E-state index contributed by atoms with van der Waals surface area (Å²) in [5, 5.41) is 0.391. The summed E-state index contributed by atoms with van der Waals surface area (Å²) in [5.74, 6) is -8.17. The molecular formula is C83H84Br2Cl2F6N12O12. The fourth-order valence-corrected chi connectivity index (χ4v) is 13.6. The summed E-state index contributed by atoms with van der Waals surface area (Å²) in [7, 11) is 2.32. The van der Waals surface area contributed by atoms with E-state index in [0.29, 0.717) is 28.2 Å². The Balaban J connectivity index is 0.000000194. The lowest BCUT2D eigenvalue weighted by molar-refractivity contribution is 0.0485. The highest BCUT2D eigenvalue weighted by molar-refractivity contribution is 9.10. The van der Waals surface area contributed by atoms with Crippen LogP contribution in [0.25, 0.3) is 0 Å². The van der Waals surface area contributed by atoms with Gasteiger partial charge in [0, 0.05) is 0 Å². The van der Waals surface area contributed by atoms with E-state index in [1.54, 1.807) is 92.3 Å². The minimum absolute atomic E-state index is 0.0742. The highest BCUT2D eigenvalue weighted by atomic mass is 79.9. The summed E-state index contributed by atoms with van der Waals surface area (Å²) >= 11 is 18.9. The topological polar surface area (TPSA) is 265 Å². The van der Waals surface area contributed by atoms with Crippen LogP contribution in [0.5, 0.6) is 0 Å². The van der Waals surface area contributed by atoms with E-state index < -0.39 is 95.2 Å². The van der Waals surface area contributed by atoms with Crippen LogP contribution in [0.4, 0.5) is 26.3 Å². The average Bonchev–Trinajstić information content (AvgIpc) is 1.67. The molecule has 6 heterocycles. The molecule has 24 nitrogen and oxygen atoms in total. The molecule has 0 aliphatic rings. The quantitative estimate of drug-likeness (QED) is 0.0327. The Kier molecular flexibility index (Phi) is 35.8. The van der Waals surface area contributed by atoms with Gasteiger partial charge in [-0.25, -0.2) is 48.7 Å². The summed E-state index contributed by atoms with van der Waals surface area (Å²) in [6.07, 6.45) is 1.27. The van der Waals surface area contributed by atoms with Crippen molar-refractivity contribution in [1.82, 2.24) is 57.3 Å². The van der Waals surface area contributed by atoms with Crippen LogP contribution < -0.4 is 0 Å². The van der Waals surface area contributed by atoms with Gasteiger partial charge in [-0.1, -0.05) is 201 Å². The third-order valence-electron chi connectivity index (χ3n) is 17.7. The Morgan fingerprint density at radius 2 is 0.650 bits per heavy atom. The van der Waals surface area contributed by atoms with Gasteiger partial charge in [-0.3, -0.25) is 9.13 Å². The predicted octanol–water partition coefficient (Wildman–Crippen LogP) is 19.3. The Morgan fingerprint density at radius 1 is 0.359 bits per heavy atom. The van der Waals surface area contributed by atoms with Crippen molar-refractivity contribution >= 4 is 90.9 Å². The molecule has 12 aromatic rings. The Labute approximate surface area is 697 Å². The number of carbonyl (C=O) groups is 6. The number of methoxy groups -OCH3 is 2. The summed E-state index contributed by atoms with van der Waals surface area (Å²) in [6, 6.07) is 54.6. The molecule has 0 fully saturated rings. The molecule has 6 aromatic carbocycles. The molecule has 618 valence electrons. The van der Waals surface area contributed by atoms with Crippen LogP contribution in [0.1, 0.15) is 208 Å². The summed E-state index contributed by atoms with van der Waals surface area (Å²) < 4.78 is 120. The fraction of sp³-hybridized carbons (Fsp3) is 0.277. The van der Waals surface area contributed by atoms with E-state index >= 15 is 0 Å². The first-order valence-electron chi connectivity index (χ1n) is 36.4. The van der Waals surface area contributed by atoms with E-state index in [2.05, 4.69) is 71.2 Å². The summed E-state index contributed by atoms with van der Waals surface area (Å²) in [4.78, 5) is 92.3. The lowest BCUT2D eigenvalue weighted by Crippen LogP contribution is -2.18. The highest BCUT2D eigenvalue weighted by Gasteiger charge is 2.33. The zero-order valence-electron chi connectivity index (χ0n) is 65.5. The number of rotatable bonds is 23. The van der Waals surface area contributed by atoms with Gasteiger partial charge in [-0.05, 0) is 146 Å². The molecule has 0 amide bonds.